The minimum absolute atomic E-state index is 0.221. The predicted octanol–water partition coefficient (Wildman–Crippen LogP) is -0.172. The van der Waals surface area contributed by atoms with Gasteiger partial charge in [0, 0.05) is 12.8 Å². The van der Waals surface area contributed by atoms with Crippen LogP contribution in [0.2, 0.25) is 0 Å². The van der Waals surface area contributed by atoms with Crippen molar-refractivity contribution < 1.29 is 40.2 Å². The smallest absolute Gasteiger partial charge is 0.303 e. The molecular weight excluding hydrogens is 296 g/mol. The molecule has 8 heteroatoms. The topological polar surface area (TPSA) is 156 Å². The standard InChI is InChI=1S/C9H16O4.C5H12O4/c10-8(11)6-4-2-1-3-5-7-9(12)13;6-1-5(2-7,3-8)4-9/h1-7H2,(H,10,11)(H,12,13);6-9H,1-4H2. The van der Waals surface area contributed by atoms with E-state index in [9.17, 15) is 9.59 Å². The van der Waals surface area contributed by atoms with Crippen molar-refractivity contribution in [2.24, 2.45) is 5.41 Å². The second-order valence-electron chi connectivity index (χ2n) is 5.19. The van der Waals surface area contributed by atoms with E-state index in [2.05, 4.69) is 0 Å². The zero-order valence-electron chi connectivity index (χ0n) is 12.8. The number of hydrogen-bond donors (Lipinski definition) is 6. The number of hydrogen-bond acceptors (Lipinski definition) is 6. The number of unbranched alkanes of at least 4 members (excludes halogenated alkanes) is 4. The number of rotatable bonds is 12. The first-order chi connectivity index (χ1) is 10.4. The first-order valence-corrected chi connectivity index (χ1v) is 7.24. The van der Waals surface area contributed by atoms with Gasteiger partial charge in [-0.2, -0.15) is 0 Å². The Kier molecular flexibility index (Phi) is 15.4. The summed E-state index contributed by atoms with van der Waals surface area (Å²) in [5, 5.41) is 50.6. The molecule has 22 heavy (non-hydrogen) atoms. The normalized spacial score (nSPS) is 10.7. The Balaban J connectivity index is 0. The van der Waals surface area contributed by atoms with Gasteiger partial charge in [0.1, 0.15) is 0 Å². The average molecular weight is 324 g/mol. The lowest BCUT2D eigenvalue weighted by Gasteiger charge is -2.23. The Morgan fingerprint density at radius 3 is 1.05 bits per heavy atom. The molecule has 0 aliphatic carbocycles. The van der Waals surface area contributed by atoms with Crippen molar-refractivity contribution in [3.63, 3.8) is 0 Å². The van der Waals surface area contributed by atoms with E-state index < -0.39 is 43.8 Å². The molecule has 0 aromatic carbocycles. The molecule has 6 N–H and O–H groups in total. The molecule has 0 radical (unpaired) electrons. The summed E-state index contributed by atoms with van der Waals surface area (Å²) in [5.74, 6) is -1.52. The molecule has 0 atom stereocenters. The van der Waals surface area contributed by atoms with Gasteiger partial charge >= 0.3 is 11.9 Å². The number of carbonyl (C=O) groups is 2. The predicted molar refractivity (Wildman–Crippen MR) is 78.4 cm³/mol. The van der Waals surface area contributed by atoms with Crippen molar-refractivity contribution in [1.82, 2.24) is 0 Å². The molecule has 0 amide bonds. The fourth-order valence-corrected chi connectivity index (χ4v) is 1.38. The van der Waals surface area contributed by atoms with Gasteiger partial charge in [0.05, 0.1) is 31.8 Å². The molecule has 0 saturated carbocycles. The highest BCUT2D eigenvalue weighted by molar-refractivity contribution is 5.66. The largest absolute Gasteiger partial charge is 0.481 e. The van der Waals surface area contributed by atoms with Gasteiger partial charge in [0.15, 0.2) is 0 Å². The minimum Gasteiger partial charge on any atom is -0.481 e. The second-order valence-corrected chi connectivity index (χ2v) is 5.19. The first kappa shape index (κ1) is 23.1. The van der Waals surface area contributed by atoms with Crippen molar-refractivity contribution in [3.05, 3.63) is 0 Å². The molecule has 0 aromatic rings. The van der Waals surface area contributed by atoms with E-state index in [4.69, 9.17) is 30.6 Å². The number of aliphatic hydroxyl groups excluding tert-OH is 4. The highest BCUT2D eigenvalue weighted by Gasteiger charge is 2.26. The second kappa shape index (κ2) is 14.7. The Morgan fingerprint density at radius 2 is 0.864 bits per heavy atom. The fraction of sp³-hybridized carbons (Fsp3) is 0.857. The quantitative estimate of drug-likeness (QED) is 0.270. The molecule has 0 bridgehead atoms. The molecule has 8 nitrogen and oxygen atoms in total. The summed E-state index contributed by atoms with van der Waals surface area (Å²) in [5.41, 5.74) is -1.11. The van der Waals surface area contributed by atoms with Crippen molar-refractivity contribution in [2.75, 3.05) is 26.4 Å². The Bertz CT molecular complexity index is 253. The van der Waals surface area contributed by atoms with E-state index in [1.807, 2.05) is 0 Å². The van der Waals surface area contributed by atoms with E-state index in [-0.39, 0.29) is 12.8 Å². The van der Waals surface area contributed by atoms with Gasteiger partial charge in [-0.3, -0.25) is 9.59 Å². The Hall–Kier alpha value is -1.22. The van der Waals surface area contributed by atoms with Gasteiger partial charge in [0.25, 0.3) is 0 Å². The first-order valence-electron chi connectivity index (χ1n) is 7.24. The SMILES string of the molecule is O=C(O)CCCCCCCC(=O)O.OCC(CO)(CO)CO. The molecule has 0 aliphatic rings. The zero-order valence-corrected chi connectivity index (χ0v) is 12.8. The summed E-state index contributed by atoms with van der Waals surface area (Å²) in [7, 11) is 0. The Labute approximate surface area is 130 Å². The number of aliphatic carboxylic acids is 2. The van der Waals surface area contributed by atoms with Crippen LogP contribution in [-0.4, -0.2) is 69.0 Å². The summed E-state index contributed by atoms with van der Waals surface area (Å²) in [6, 6.07) is 0. The number of aliphatic hydroxyl groups is 4. The maximum Gasteiger partial charge on any atom is 0.303 e. The Morgan fingerprint density at radius 1 is 0.591 bits per heavy atom. The van der Waals surface area contributed by atoms with Gasteiger partial charge in [0.2, 0.25) is 0 Å². The molecule has 0 fully saturated rings. The minimum atomic E-state index is -1.11. The molecule has 132 valence electrons. The van der Waals surface area contributed by atoms with Crippen molar-refractivity contribution in [3.8, 4) is 0 Å². The highest BCUT2D eigenvalue weighted by Crippen LogP contribution is 2.11. The van der Waals surface area contributed by atoms with Crippen LogP contribution in [0.25, 0.3) is 0 Å². The van der Waals surface area contributed by atoms with Crippen LogP contribution in [-0.2, 0) is 9.59 Å². The average Bonchev–Trinajstić information content (AvgIpc) is 2.49. The molecule has 0 aliphatic heterocycles. The van der Waals surface area contributed by atoms with E-state index in [0.29, 0.717) is 12.8 Å². The molecule has 0 rings (SSSR count). The monoisotopic (exact) mass is 324 g/mol. The van der Waals surface area contributed by atoms with Crippen LogP contribution in [0.3, 0.4) is 0 Å². The molecule has 0 spiro atoms. The van der Waals surface area contributed by atoms with E-state index >= 15 is 0 Å². The van der Waals surface area contributed by atoms with Crippen LogP contribution in [0.1, 0.15) is 44.9 Å². The van der Waals surface area contributed by atoms with Gasteiger partial charge in [-0.05, 0) is 12.8 Å². The van der Waals surface area contributed by atoms with Crippen LogP contribution in [0.5, 0.6) is 0 Å². The van der Waals surface area contributed by atoms with Crippen molar-refractivity contribution in [2.45, 2.75) is 44.9 Å². The van der Waals surface area contributed by atoms with Crippen molar-refractivity contribution in [1.29, 1.82) is 0 Å². The number of carboxylic acid groups (broad SMARTS) is 2. The lowest BCUT2D eigenvalue weighted by Crippen LogP contribution is -2.37. The van der Waals surface area contributed by atoms with Crippen LogP contribution >= 0.6 is 0 Å². The van der Waals surface area contributed by atoms with E-state index in [0.717, 1.165) is 19.3 Å². The van der Waals surface area contributed by atoms with Gasteiger partial charge in [-0.15, -0.1) is 0 Å². The molecular formula is C14H28O8. The summed E-state index contributed by atoms with van der Waals surface area (Å²) in [6.07, 6.45) is 4.53. The van der Waals surface area contributed by atoms with Gasteiger partial charge < -0.3 is 30.6 Å². The highest BCUT2D eigenvalue weighted by atomic mass is 16.4. The van der Waals surface area contributed by atoms with Crippen LogP contribution < -0.4 is 0 Å². The number of carboxylic acids is 2. The summed E-state index contributed by atoms with van der Waals surface area (Å²) < 4.78 is 0. The van der Waals surface area contributed by atoms with E-state index in [1.165, 1.54) is 0 Å². The molecule has 0 aromatic heterocycles. The zero-order chi connectivity index (χ0) is 17.4. The summed E-state index contributed by atoms with van der Waals surface area (Å²) in [4.78, 5) is 20.2. The summed E-state index contributed by atoms with van der Waals surface area (Å²) >= 11 is 0. The van der Waals surface area contributed by atoms with Crippen LogP contribution in [0.4, 0.5) is 0 Å². The van der Waals surface area contributed by atoms with E-state index in [1.54, 1.807) is 0 Å². The summed E-state index contributed by atoms with van der Waals surface area (Å²) in [6.45, 7) is -1.62. The lowest BCUT2D eigenvalue weighted by atomic mass is 9.93. The molecule has 0 unspecified atom stereocenters. The maximum atomic E-state index is 10.1. The van der Waals surface area contributed by atoms with Crippen LogP contribution in [0, 0.1) is 5.41 Å². The molecule has 0 saturated heterocycles. The van der Waals surface area contributed by atoms with Crippen LogP contribution in [0.15, 0.2) is 0 Å². The fourth-order valence-electron chi connectivity index (χ4n) is 1.38. The van der Waals surface area contributed by atoms with Crippen molar-refractivity contribution >= 4 is 11.9 Å². The molecule has 0 heterocycles. The lowest BCUT2D eigenvalue weighted by molar-refractivity contribution is -0.138. The third-order valence-electron chi connectivity index (χ3n) is 3.12. The van der Waals surface area contributed by atoms with Gasteiger partial charge in [-0.1, -0.05) is 19.3 Å². The third kappa shape index (κ3) is 13.7. The third-order valence-corrected chi connectivity index (χ3v) is 3.12. The maximum absolute atomic E-state index is 10.1. The van der Waals surface area contributed by atoms with Gasteiger partial charge in [-0.25, -0.2) is 0 Å².